The fraction of sp³-hybridized carbons (Fsp3) is 0.667. The second kappa shape index (κ2) is 1.79. The average Bonchev–Trinajstić information content (AvgIpc) is 2.26. The molecule has 12 heavy (non-hydrogen) atoms. The molecular weight excluding hydrogens is 216 g/mol. The van der Waals surface area contributed by atoms with Gasteiger partial charge in [-0.3, -0.25) is 4.68 Å². The van der Waals surface area contributed by atoms with Gasteiger partial charge in [0.25, 0.3) is 0 Å². The fourth-order valence-electron chi connectivity index (χ4n) is 3.03. The molecule has 0 spiro atoms. The minimum absolute atomic E-state index is 0.417. The molecule has 3 aliphatic carbocycles. The number of nitrogens with zero attached hydrogens (tertiary/aromatic N) is 2. The van der Waals surface area contributed by atoms with Crippen molar-refractivity contribution >= 4 is 15.9 Å². The molecule has 3 aliphatic rings. The van der Waals surface area contributed by atoms with Crippen LogP contribution in [-0.2, 0) is 5.54 Å². The van der Waals surface area contributed by atoms with E-state index in [0.29, 0.717) is 11.0 Å². The molecule has 2 nitrogen and oxygen atoms in total. The average molecular weight is 227 g/mol. The van der Waals surface area contributed by atoms with Crippen molar-refractivity contribution in [2.45, 2.75) is 31.7 Å². The van der Waals surface area contributed by atoms with Gasteiger partial charge in [-0.25, -0.2) is 0 Å². The van der Waals surface area contributed by atoms with Crippen molar-refractivity contribution in [3.8, 4) is 0 Å². The number of hydrogen-bond donors (Lipinski definition) is 0. The molecule has 3 saturated carbocycles. The molecule has 0 aromatic carbocycles. The van der Waals surface area contributed by atoms with Crippen molar-refractivity contribution in [1.29, 1.82) is 0 Å². The molecular formula is C9H11BrN2. The van der Waals surface area contributed by atoms with E-state index in [1.54, 1.807) is 0 Å². The van der Waals surface area contributed by atoms with Crippen LogP contribution in [0.2, 0.25) is 0 Å². The Morgan fingerprint density at radius 3 is 2.58 bits per heavy atom. The van der Waals surface area contributed by atoms with Gasteiger partial charge in [0, 0.05) is 6.20 Å². The van der Waals surface area contributed by atoms with Crippen LogP contribution in [0.15, 0.2) is 16.9 Å². The molecule has 0 unspecified atom stereocenters. The lowest BCUT2D eigenvalue weighted by molar-refractivity contribution is -0.180. The summed E-state index contributed by atoms with van der Waals surface area (Å²) in [6, 6.07) is 0. The van der Waals surface area contributed by atoms with Crippen molar-refractivity contribution in [1.82, 2.24) is 9.78 Å². The Bertz CT molecular complexity index is 322. The molecule has 0 N–H and O–H groups in total. The summed E-state index contributed by atoms with van der Waals surface area (Å²) in [6.45, 7) is 2.37. The lowest BCUT2D eigenvalue weighted by Gasteiger charge is -2.69. The lowest BCUT2D eigenvalue weighted by atomic mass is 9.40. The Labute approximate surface area is 80.1 Å². The summed E-state index contributed by atoms with van der Waals surface area (Å²) in [7, 11) is 0. The van der Waals surface area contributed by atoms with Crippen LogP contribution in [0.3, 0.4) is 0 Å². The molecule has 1 aromatic heterocycles. The Morgan fingerprint density at radius 1 is 1.50 bits per heavy atom. The van der Waals surface area contributed by atoms with Crippen LogP contribution < -0.4 is 0 Å². The van der Waals surface area contributed by atoms with Gasteiger partial charge in [-0.05, 0) is 40.6 Å². The second-order valence-electron chi connectivity index (χ2n) is 4.67. The number of halogens is 1. The van der Waals surface area contributed by atoms with Gasteiger partial charge >= 0.3 is 0 Å². The van der Waals surface area contributed by atoms with Crippen LogP contribution in [0.5, 0.6) is 0 Å². The molecule has 64 valence electrons. The summed E-state index contributed by atoms with van der Waals surface area (Å²) in [4.78, 5) is 0. The lowest BCUT2D eigenvalue weighted by Crippen LogP contribution is -2.66. The highest BCUT2D eigenvalue weighted by Gasteiger charge is 2.66. The molecule has 3 heteroatoms. The van der Waals surface area contributed by atoms with Crippen LogP contribution in [0, 0.1) is 5.41 Å². The van der Waals surface area contributed by atoms with E-state index < -0.39 is 0 Å². The van der Waals surface area contributed by atoms with E-state index >= 15 is 0 Å². The zero-order chi connectivity index (χ0) is 8.40. The maximum Gasteiger partial charge on any atom is 0.0643 e. The summed E-state index contributed by atoms with van der Waals surface area (Å²) in [5.41, 5.74) is 1.08. The molecule has 0 atom stereocenters. The Hall–Kier alpha value is -0.310. The zero-order valence-electron chi connectivity index (χ0n) is 7.05. The van der Waals surface area contributed by atoms with Crippen molar-refractivity contribution in [3.63, 3.8) is 0 Å². The molecule has 0 saturated heterocycles. The standard InChI is InChI=1S/C9H11BrN2/c1-8-4-9(5-8,6-8)12-3-7(10)2-11-12/h2-3H,4-6H2,1H3. The first-order chi connectivity index (χ1) is 5.62. The molecule has 4 rings (SSSR count). The van der Waals surface area contributed by atoms with Gasteiger partial charge < -0.3 is 0 Å². The maximum atomic E-state index is 4.35. The minimum atomic E-state index is 0.417. The van der Waals surface area contributed by atoms with Crippen LogP contribution in [0.4, 0.5) is 0 Å². The van der Waals surface area contributed by atoms with E-state index in [0.717, 1.165) is 4.47 Å². The first-order valence-electron chi connectivity index (χ1n) is 4.33. The molecule has 0 aliphatic heterocycles. The SMILES string of the molecule is CC12CC(n3cc(Br)cn3)(C1)C2. The summed E-state index contributed by atoms with van der Waals surface area (Å²) in [6.07, 6.45) is 7.96. The quantitative estimate of drug-likeness (QED) is 0.720. The molecule has 1 aromatic rings. The summed E-state index contributed by atoms with van der Waals surface area (Å²) >= 11 is 3.43. The van der Waals surface area contributed by atoms with E-state index in [1.165, 1.54) is 19.3 Å². The molecule has 1 heterocycles. The monoisotopic (exact) mass is 226 g/mol. The van der Waals surface area contributed by atoms with Crippen molar-refractivity contribution < 1.29 is 0 Å². The van der Waals surface area contributed by atoms with Crippen LogP contribution in [-0.4, -0.2) is 9.78 Å². The number of rotatable bonds is 1. The van der Waals surface area contributed by atoms with E-state index in [4.69, 9.17) is 0 Å². The van der Waals surface area contributed by atoms with Crippen molar-refractivity contribution in [2.24, 2.45) is 5.41 Å². The molecule has 2 bridgehead atoms. The van der Waals surface area contributed by atoms with Crippen molar-refractivity contribution in [3.05, 3.63) is 16.9 Å². The number of hydrogen-bond acceptors (Lipinski definition) is 1. The predicted molar refractivity (Wildman–Crippen MR) is 49.9 cm³/mol. The van der Waals surface area contributed by atoms with Gasteiger partial charge in [0.1, 0.15) is 0 Å². The molecule has 0 amide bonds. The Balaban J connectivity index is 1.93. The van der Waals surface area contributed by atoms with Crippen LogP contribution >= 0.6 is 15.9 Å². The van der Waals surface area contributed by atoms with Gasteiger partial charge in [-0.2, -0.15) is 5.10 Å². The highest BCUT2D eigenvalue weighted by Crippen LogP contribution is 2.70. The van der Waals surface area contributed by atoms with Gasteiger partial charge in [-0.1, -0.05) is 6.92 Å². The van der Waals surface area contributed by atoms with Crippen molar-refractivity contribution in [2.75, 3.05) is 0 Å². The highest BCUT2D eigenvalue weighted by molar-refractivity contribution is 9.10. The Kier molecular flexibility index (Phi) is 1.06. The van der Waals surface area contributed by atoms with E-state index in [2.05, 4.69) is 38.8 Å². The smallest absolute Gasteiger partial charge is 0.0643 e. The van der Waals surface area contributed by atoms with Crippen LogP contribution in [0.1, 0.15) is 26.2 Å². The zero-order valence-corrected chi connectivity index (χ0v) is 8.63. The van der Waals surface area contributed by atoms with E-state index in [1.807, 2.05) is 6.20 Å². The first kappa shape index (κ1) is 7.13. The van der Waals surface area contributed by atoms with Crippen LogP contribution in [0.25, 0.3) is 0 Å². The third kappa shape index (κ3) is 0.685. The largest absolute Gasteiger partial charge is 0.265 e. The van der Waals surface area contributed by atoms with Gasteiger partial charge in [0.2, 0.25) is 0 Å². The highest BCUT2D eigenvalue weighted by atomic mass is 79.9. The maximum absolute atomic E-state index is 4.35. The molecule has 0 radical (unpaired) electrons. The third-order valence-corrected chi connectivity index (χ3v) is 3.71. The first-order valence-corrected chi connectivity index (χ1v) is 5.12. The summed E-state index contributed by atoms with van der Waals surface area (Å²) in [5, 5.41) is 4.35. The summed E-state index contributed by atoms with van der Waals surface area (Å²) < 4.78 is 3.24. The second-order valence-corrected chi connectivity index (χ2v) is 5.58. The van der Waals surface area contributed by atoms with Gasteiger partial charge in [0.15, 0.2) is 0 Å². The number of aromatic nitrogens is 2. The Morgan fingerprint density at radius 2 is 2.17 bits per heavy atom. The van der Waals surface area contributed by atoms with E-state index in [-0.39, 0.29) is 0 Å². The normalized spacial score (nSPS) is 43.5. The summed E-state index contributed by atoms with van der Waals surface area (Å²) in [5.74, 6) is 0. The fourth-order valence-corrected chi connectivity index (χ4v) is 3.32. The van der Waals surface area contributed by atoms with Gasteiger partial charge in [0.05, 0.1) is 16.2 Å². The third-order valence-electron chi connectivity index (χ3n) is 3.30. The minimum Gasteiger partial charge on any atom is -0.265 e. The predicted octanol–water partition coefficient (Wildman–Crippen LogP) is 2.54. The molecule has 3 fully saturated rings. The topological polar surface area (TPSA) is 17.8 Å². The van der Waals surface area contributed by atoms with E-state index in [9.17, 15) is 0 Å². The van der Waals surface area contributed by atoms with Gasteiger partial charge in [-0.15, -0.1) is 0 Å².